The van der Waals surface area contributed by atoms with Crippen LogP contribution in [0.3, 0.4) is 0 Å². The zero-order chi connectivity index (χ0) is 38.6. The maximum absolute atomic E-state index is 13.3. The van der Waals surface area contributed by atoms with Gasteiger partial charge in [0, 0.05) is 50.0 Å². The van der Waals surface area contributed by atoms with Gasteiger partial charge in [-0.25, -0.2) is 13.1 Å². The highest BCUT2D eigenvalue weighted by Gasteiger charge is 2.28. The van der Waals surface area contributed by atoms with Gasteiger partial charge < -0.3 is 14.6 Å². The Morgan fingerprint density at radius 1 is 0.764 bits per heavy atom. The average Bonchev–Trinajstić information content (AvgIpc) is 3.68. The van der Waals surface area contributed by atoms with E-state index < -0.39 is 42.0 Å². The second-order valence-electron chi connectivity index (χ2n) is 12.8. The van der Waals surface area contributed by atoms with E-state index in [2.05, 4.69) is 51.5 Å². The van der Waals surface area contributed by atoms with Crippen LogP contribution in [0.5, 0.6) is 0 Å². The van der Waals surface area contributed by atoms with Gasteiger partial charge in [0.25, 0.3) is 21.6 Å². The summed E-state index contributed by atoms with van der Waals surface area (Å²) in [6.45, 7) is 4.04. The molecule has 0 spiro atoms. The average molecular weight is 780 g/mol. The Kier molecular flexibility index (Phi) is 10.7. The van der Waals surface area contributed by atoms with Gasteiger partial charge in [0.15, 0.2) is 0 Å². The Balaban J connectivity index is 0.985. The summed E-state index contributed by atoms with van der Waals surface area (Å²) in [6, 6.07) is 36.5. The minimum absolute atomic E-state index is 0.0331. The molecule has 1 fully saturated rings. The summed E-state index contributed by atoms with van der Waals surface area (Å²) in [7, 11) is -8.09. The van der Waals surface area contributed by atoms with Crippen LogP contribution in [0.2, 0.25) is 0 Å². The molecule has 0 bridgehead atoms. The predicted molar refractivity (Wildman–Crippen MR) is 211 cm³/mol. The first-order valence-electron chi connectivity index (χ1n) is 17.2. The first kappa shape index (κ1) is 37.3. The standard InChI is InChI=1S/C40H37N5O8S2/c46-40(30-15-17-32(18-16-30)44-23-21-43(22-24-44)26-31-11-7-8-14-35(31)29-9-3-1-4-10-29)42-55(51,52)34-19-20-36(38(25-34)45(47)48)41-37-27-53-28-39(37)54(49,50)33-12-5-2-6-13-33/h1-20,25,27-28,41,49-50H,21-24,26H2,(H,42,46). The zero-order valence-corrected chi connectivity index (χ0v) is 30.9. The SMILES string of the molecule is O=C(NS(=O)(=O)c1ccc(Nc2cocc2S(O)(O)c2ccccc2)c([N+](=O)[O-])c1)c1ccc(N2CCN(Cc3ccccc3-c3ccccc3)CC2)cc1. The number of sulfonamides is 1. The van der Waals surface area contributed by atoms with Crippen molar-refractivity contribution in [2.24, 2.45) is 0 Å². The third-order valence-electron chi connectivity index (χ3n) is 9.34. The Morgan fingerprint density at radius 3 is 2.11 bits per heavy atom. The fraction of sp³-hybridized carbons (Fsp3) is 0.125. The molecule has 13 nitrogen and oxygen atoms in total. The smallest absolute Gasteiger partial charge is 0.294 e. The van der Waals surface area contributed by atoms with Crippen molar-refractivity contribution in [1.82, 2.24) is 9.62 Å². The highest BCUT2D eigenvalue weighted by molar-refractivity contribution is 8.24. The Morgan fingerprint density at radius 2 is 1.42 bits per heavy atom. The molecule has 7 rings (SSSR count). The van der Waals surface area contributed by atoms with Crippen LogP contribution in [0.4, 0.5) is 22.7 Å². The molecule has 55 heavy (non-hydrogen) atoms. The van der Waals surface area contributed by atoms with Gasteiger partial charge in [-0.15, -0.1) is 10.6 Å². The third kappa shape index (κ3) is 8.25. The summed E-state index contributed by atoms with van der Waals surface area (Å²) < 4.78 is 55.7. The zero-order valence-electron chi connectivity index (χ0n) is 29.3. The quantitative estimate of drug-likeness (QED) is 0.0695. The summed E-state index contributed by atoms with van der Waals surface area (Å²) in [4.78, 5) is 28.6. The van der Waals surface area contributed by atoms with Gasteiger partial charge in [-0.1, -0.05) is 72.8 Å². The number of nitrogens with one attached hydrogen (secondary N) is 2. The maximum atomic E-state index is 13.3. The van der Waals surface area contributed by atoms with E-state index in [4.69, 9.17) is 4.42 Å². The molecule has 1 saturated heterocycles. The van der Waals surface area contributed by atoms with Crippen LogP contribution in [0.25, 0.3) is 11.1 Å². The lowest BCUT2D eigenvalue weighted by molar-refractivity contribution is -0.384. The van der Waals surface area contributed by atoms with E-state index in [1.54, 1.807) is 42.5 Å². The van der Waals surface area contributed by atoms with Crippen molar-refractivity contribution in [3.05, 3.63) is 161 Å². The number of amides is 1. The van der Waals surface area contributed by atoms with Crippen LogP contribution in [0.15, 0.2) is 159 Å². The number of carbonyl (C=O) groups is 1. The lowest BCUT2D eigenvalue weighted by Gasteiger charge is -2.36. The first-order valence-corrected chi connectivity index (χ1v) is 20.3. The van der Waals surface area contributed by atoms with Crippen molar-refractivity contribution < 1.29 is 31.7 Å². The highest BCUT2D eigenvalue weighted by atomic mass is 32.3. The number of hydrogen-bond donors (Lipinski definition) is 4. The van der Waals surface area contributed by atoms with E-state index in [0.29, 0.717) is 0 Å². The van der Waals surface area contributed by atoms with Gasteiger partial charge in [-0.05, 0) is 65.2 Å². The summed E-state index contributed by atoms with van der Waals surface area (Å²) in [5.41, 5.74) is 3.92. The number of hydrogen-bond acceptors (Lipinski definition) is 11. The molecule has 1 aliphatic rings. The predicted octanol–water partition coefficient (Wildman–Crippen LogP) is 8.21. The van der Waals surface area contributed by atoms with Crippen molar-refractivity contribution in [3.63, 3.8) is 0 Å². The molecule has 0 radical (unpaired) electrons. The summed E-state index contributed by atoms with van der Waals surface area (Å²) in [6.07, 6.45) is 2.27. The van der Waals surface area contributed by atoms with Crippen molar-refractivity contribution in [3.8, 4) is 11.1 Å². The largest absolute Gasteiger partial charge is 0.468 e. The van der Waals surface area contributed by atoms with Gasteiger partial charge in [0.2, 0.25) is 0 Å². The van der Waals surface area contributed by atoms with Crippen LogP contribution in [-0.4, -0.2) is 59.4 Å². The highest BCUT2D eigenvalue weighted by Crippen LogP contribution is 2.58. The van der Waals surface area contributed by atoms with E-state index in [1.807, 2.05) is 22.9 Å². The topological polar surface area (TPSA) is 178 Å². The number of furan rings is 1. The lowest BCUT2D eigenvalue weighted by atomic mass is 9.99. The summed E-state index contributed by atoms with van der Waals surface area (Å²) in [5.74, 6) is -0.896. The number of nitro groups is 1. The summed E-state index contributed by atoms with van der Waals surface area (Å²) in [5, 5.41) is 14.8. The number of benzene rings is 5. The second-order valence-corrected chi connectivity index (χ2v) is 16.5. The lowest BCUT2D eigenvalue weighted by Crippen LogP contribution is -2.46. The van der Waals surface area contributed by atoms with Crippen LogP contribution in [0, 0.1) is 10.1 Å². The van der Waals surface area contributed by atoms with Crippen LogP contribution in [0.1, 0.15) is 15.9 Å². The number of nitro benzene ring substituents is 1. The van der Waals surface area contributed by atoms with Gasteiger partial charge in [-0.2, -0.15) is 0 Å². The monoisotopic (exact) mass is 779 g/mol. The minimum Gasteiger partial charge on any atom is -0.468 e. The van der Waals surface area contributed by atoms with E-state index in [-0.39, 0.29) is 26.7 Å². The molecule has 0 unspecified atom stereocenters. The van der Waals surface area contributed by atoms with Crippen molar-refractivity contribution >= 4 is 49.3 Å². The van der Waals surface area contributed by atoms with Gasteiger partial charge in [0.05, 0.1) is 14.7 Å². The Hall–Kier alpha value is -5.97. The molecule has 5 aromatic carbocycles. The molecule has 0 atom stereocenters. The van der Waals surface area contributed by atoms with Gasteiger partial charge in [0.1, 0.15) is 28.8 Å². The molecule has 0 saturated carbocycles. The Bertz CT molecular complexity index is 2420. The second kappa shape index (κ2) is 15.8. The van der Waals surface area contributed by atoms with Crippen molar-refractivity contribution in [1.29, 1.82) is 0 Å². The van der Waals surface area contributed by atoms with E-state index in [0.717, 1.165) is 69.1 Å². The number of rotatable bonds is 12. The van der Waals surface area contributed by atoms with Crippen LogP contribution in [-0.2, 0) is 16.6 Å². The maximum Gasteiger partial charge on any atom is 0.294 e. The van der Waals surface area contributed by atoms with Crippen LogP contribution < -0.4 is 14.9 Å². The summed E-state index contributed by atoms with van der Waals surface area (Å²) >= 11 is 0. The Labute approximate surface area is 319 Å². The normalized spacial score (nSPS) is 14.0. The molecule has 1 aliphatic heterocycles. The molecule has 282 valence electrons. The van der Waals surface area contributed by atoms with E-state index in [1.165, 1.54) is 28.8 Å². The van der Waals surface area contributed by atoms with E-state index >= 15 is 0 Å². The van der Waals surface area contributed by atoms with Crippen molar-refractivity contribution in [2.75, 3.05) is 36.4 Å². The molecule has 6 aromatic rings. The number of carbonyl (C=O) groups excluding carboxylic acids is 1. The number of nitrogens with zero attached hydrogens (tertiary/aromatic N) is 3. The molecule has 4 N–H and O–H groups in total. The minimum atomic E-state index is -4.54. The third-order valence-corrected chi connectivity index (χ3v) is 12.5. The van der Waals surface area contributed by atoms with Gasteiger partial charge in [-0.3, -0.25) is 28.9 Å². The fourth-order valence-electron chi connectivity index (χ4n) is 6.44. The molecule has 1 aromatic heterocycles. The molecule has 15 heteroatoms. The first-order chi connectivity index (χ1) is 26.5. The fourth-order valence-corrected chi connectivity index (χ4v) is 8.82. The number of anilines is 3. The molecule has 1 amide bonds. The molecule has 2 heterocycles. The van der Waals surface area contributed by atoms with E-state index in [9.17, 15) is 32.4 Å². The molecular weight excluding hydrogens is 743 g/mol. The van der Waals surface area contributed by atoms with Crippen LogP contribution >= 0.6 is 10.6 Å². The number of piperazine rings is 1. The molecular formula is C40H37N5O8S2. The molecule has 0 aliphatic carbocycles. The van der Waals surface area contributed by atoms with Crippen molar-refractivity contribution in [2.45, 2.75) is 21.2 Å². The van der Waals surface area contributed by atoms with Gasteiger partial charge >= 0.3 is 0 Å².